The second kappa shape index (κ2) is 6.47. The minimum absolute atomic E-state index is 0.0310. The number of rotatable bonds is 5. The van der Waals surface area contributed by atoms with Gasteiger partial charge in [-0.3, -0.25) is 9.59 Å². The van der Waals surface area contributed by atoms with Gasteiger partial charge in [0.2, 0.25) is 5.91 Å². The van der Waals surface area contributed by atoms with Crippen molar-refractivity contribution in [3.63, 3.8) is 0 Å². The third-order valence-electron chi connectivity index (χ3n) is 3.96. The maximum absolute atomic E-state index is 12.9. The van der Waals surface area contributed by atoms with E-state index in [-0.39, 0.29) is 24.1 Å². The predicted octanol–water partition coefficient (Wildman–Crippen LogP) is 2.29. The van der Waals surface area contributed by atoms with Gasteiger partial charge in [-0.05, 0) is 26.3 Å². The molecule has 1 N–H and O–H groups in total. The molecule has 0 aliphatic heterocycles. The van der Waals surface area contributed by atoms with E-state index in [1.165, 1.54) is 4.68 Å². The van der Waals surface area contributed by atoms with E-state index in [0.717, 1.165) is 29.3 Å². The van der Waals surface area contributed by atoms with Crippen molar-refractivity contribution in [1.82, 2.24) is 19.7 Å². The minimum Gasteiger partial charge on any atom is -0.352 e. The summed E-state index contributed by atoms with van der Waals surface area (Å²) in [7, 11) is 0. The lowest BCUT2D eigenvalue weighted by atomic mass is 10.2. The normalized spacial score (nSPS) is 11.5. The molecule has 0 fully saturated rings. The van der Waals surface area contributed by atoms with E-state index < -0.39 is 0 Å². The van der Waals surface area contributed by atoms with Crippen molar-refractivity contribution in [2.24, 2.45) is 0 Å². The fourth-order valence-electron chi connectivity index (χ4n) is 3.07. The van der Waals surface area contributed by atoms with Crippen LogP contribution in [-0.4, -0.2) is 26.3 Å². The average molecular weight is 326 g/mol. The number of aromatic nitrogens is 3. The Bertz CT molecular complexity index is 953. The molecule has 1 aromatic carbocycles. The Morgan fingerprint density at radius 1 is 1.25 bits per heavy atom. The number of aryl methyl sites for hydroxylation is 1. The Hall–Kier alpha value is -2.63. The first-order valence-corrected chi connectivity index (χ1v) is 8.29. The quantitative estimate of drug-likeness (QED) is 0.782. The van der Waals surface area contributed by atoms with Crippen molar-refractivity contribution in [3.05, 3.63) is 40.8 Å². The van der Waals surface area contributed by atoms with E-state index in [2.05, 4.69) is 17.3 Å². The summed E-state index contributed by atoms with van der Waals surface area (Å²) in [5, 5.41) is 8.85. The van der Waals surface area contributed by atoms with Crippen molar-refractivity contribution >= 4 is 27.7 Å². The average Bonchev–Trinajstić information content (AvgIpc) is 2.85. The number of nitrogens with zero attached hydrogens (tertiary/aromatic N) is 3. The van der Waals surface area contributed by atoms with Crippen LogP contribution in [0.3, 0.4) is 0 Å². The Kier molecular flexibility index (Phi) is 4.38. The van der Waals surface area contributed by atoms with Crippen LogP contribution in [0, 0.1) is 0 Å². The number of carbonyl (C=O) groups is 1. The first kappa shape index (κ1) is 16.2. The molecule has 6 nitrogen and oxygen atoms in total. The molecule has 0 saturated heterocycles. The second-order valence-corrected chi connectivity index (χ2v) is 6.26. The predicted molar refractivity (Wildman–Crippen MR) is 95.1 cm³/mol. The van der Waals surface area contributed by atoms with Gasteiger partial charge in [-0.1, -0.05) is 25.1 Å². The molecule has 0 atom stereocenters. The molecule has 2 heterocycles. The minimum atomic E-state index is -0.226. The highest BCUT2D eigenvalue weighted by Gasteiger charge is 2.16. The van der Waals surface area contributed by atoms with E-state index in [1.807, 2.05) is 42.7 Å². The maximum Gasteiger partial charge on any atom is 0.291 e. The molecule has 1 amide bonds. The number of hydrogen-bond donors (Lipinski definition) is 1. The van der Waals surface area contributed by atoms with Gasteiger partial charge in [0.05, 0.1) is 6.20 Å². The zero-order valence-electron chi connectivity index (χ0n) is 14.2. The lowest BCUT2D eigenvalue weighted by Crippen LogP contribution is -2.37. The second-order valence-electron chi connectivity index (χ2n) is 6.26. The molecular weight excluding hydrogens is 304 g/mol. The summed E-state index contributed by atoms with van der Waals surface area (Å²) in [4.78, 5) is 24.9. The Morgan fingerprint density at radius 3 is 2.71 bits per heavy atom. The van der Waals surface area contributed by atoms with Crippen LogP contribution in [0.1, 0.15) is 27.2 Å². The summed E-state index contributed by atoms with van der Waals surface area (Å²) in [5.41, 5.74) is 1.42. The van der Waals surface area contributed by atoms with Gasteiger partial charge in [0.25, 0.3) is 5.56 Å². The van der Waals surface area contributed by atoms with Gasteiger partial charge in [-0.2, -0.15) is 5.10 Å². The van der Waals surface area contributed by atoms with Crippen molar-refractivity contribution in [1.29, 1.82) is 0 Å². The molecule has 0 bridgehead atoms. The van der Waals surface area contributed by atoms with Crippen molar-refractivity contribution in [2.75, 3.05) is 0 Å². The van der Waals surface area contributed by atoms with Gasteiger partial charge in [0.15, 0.2) is 0 Å². The number of para-hydroxylation sites is 1. The van der Waals surface area contributed by atoms with Crippen LogP contribution in [0.4, 0.5) is 0 Å². The summed E-state index contributed by atoms with van der Waals surface area (Å²) in [6.07, 6.45) is 2.61. The van der Waals surface area contributed by atoms with Gasteiger partial charge < -0.3 is 9.88 Å². The monoisotopic (exact) mass is 326 g/mol. The highest BCUT2D eigenvalue weighted by Crippen LogP contribution is 2.26. The molecule has 24 heavy (non-hydrogen) atoms. The number of hydrogen-bond acceptors (Lipinski definition) is 3. The topological polar surface area (TPSA) is 68.9 Å². The van der Waals surface area contributed by atoms with E-state index in [9.17, 15) is 9.59 Å². The van der Waals surface area contributed by atoms with Crippen LogP contribution in [0.2, 0.25) is 0 Å². The van der Waals surface area contributed by atoms with Crippen molar-refractivity contribution < 1.29 is 4.79 Å². The molecule has 0 spiro atoms. The molecule has 3 rings (SSSR count). The van der Waals surface area contributed by atoms with E-state index in [0.29, 0.717) is 5.52 Å². The van der Waals surface area contributed by atoms with E-state index >= 15 is 0 Å². The molecule has 0 radical (unpaired) electrons. The smallest absolute Gasteiger partial charge is 0.291 e. The fourth-order valence-corrected chi connectivity index (χ4v) is 3.07. The first-order chi connectivity index (χ1) is 11.5. The molecule has 2 aromatic heterocycles. The molecule has 0 aliphatic rings. The highest BCUT2D eigenvalue weighted by molar-refractivity contribution is 6.07. The SMILES string of the molecule is CCCn1c2ccccc2c2cnn(CC(=O)NC(C)C)c(=O)c21. The highest BCUT2D eigenvalue weighted by atomic mass is 16.2. The largest absolute Gasteiger partial charge is 0.352 e. The third-order valence-corrected chi connectivity index (χ3v) is 3.96. The Labute approximate surface area is 140 Å². The summed E-state index contributed by atoms with van der Waals surface area (Å²) in [5.74, 6) is -0.211. The summed E-state index contributed by atoms with van der Waals surface area (Å²) in [6, 6.07) is 7.97. The van der Waals surface area contributed by atoms with Crippen LogP contribution in [-0.2, 0) is 17.9 Å². The van der Waals surface area contributed by atoms with E-state index in [1.54, 1.807) is 6.20 Å². The maximum atomic E-state index is 12.9. The zero-order valence-corrected chi connectivity index (χ0v) is 14.2. The van der Waals surface area contributed by atoms with Crippen molar-refractivity contribution in [2.45, 2.75) is 46.3 Å². The number of nitrogens with one attached hydrogen (secondary N) is 1. The standard InChI is InChI=1S/C18H22N4O2/c1-4-9-21-15-8-6-5-7-13(15)14-10-19-22(18(24)17(14)21)11-16(23)20-12(2)3/h5-8,10,12H,4,9,11H2,1-3H3,(H,20,23). The molecule has 0 aliphatic carbocycles. The molecule has 6 heteroatoms. The molecule has 0 saturated carbocycles. The summed E-state index contributed by atoms with van der Waals surface area (Å²) >= 11 is 0. The summed E-state index contributed by atoms with van der Waals surface area (Å²) in [6.45, 7) is 6.53. The van der Waals surface area contributed by atoms with Crippen LogP contribution >= 0.6 is 0 Å². The summed E-state index contributed by atoms with van der Waals surface area (Å²) < 4.78 is 3.27. The molecule has 3 aromatic rings. The van der Waals surface area contributed by atoms with Gasteiger partial charge in [0.1, 0.15) is 12.1 Å². The van der Waals surface area contributed by atoms with Crippen molar-refractivity contribution in [3.8, 4) is 0 Å². The zero-order chi connectivity index (χ0) is 17.3. The fraction of sp³-hybridized carbons (Fsp3) is 0.389. The Morgan fingerprint density at radius 2 is 2.00 bits per heavy atom. The van der Waals surface area contributed by atoms with Crippen LogP contribution in [0.5, 0.6) is 0 Å². The van der Waals surface area contributed by atoms with Gasteiger partial charge >= 0.3 is 0 Å². The molecule has 126 valence electrons. The van der Waals surface area contributed by atoms with Crippen LogP contribution in [0.25, 0.3) is 21.8 Å². The van der Waals surface area contributed by atoms with E-state index in [4.69, 9.17) is 0 Å². The molecular formula is C18H22N4O2. The first-order valence-electron chi connectivity index (χ1n) is 8.29. The van der Waals surface area contributed by atoms with Crippen LogP contribution in [0.15, 0.2) is 35.3 Å². The number of amides is 1. The lowest BCUT2D eigenvalue weighted by molar-refractivity contribution is -0.122. The lowest BCUT2D eigenvalue weighted by Gasteiger charge is -2.10. The number of carbonyl (C=O) groups excluding carboxylic acids is 1. The number of benzene rings is 1. The van der Waals surface area contributed by atoms with Gasteiger partial charge in [-0.25, -0.2) is 4.68 Å². The van der Waals surface area contributed by atoms with Gasteiger partial charge in [0, 0.05) is 28.9 Å². The Balaban J connectivity index is 2.17. The number of fused-ring (bicyclic) bond motifs is 3. The molecule has 0 unspecified atom stereocenters. The third kappa shape index (κ3) is 2.79. The van der Waals surface area contributed by atoms with Gasteiger partial charge in [-0.15, -0.1) is 0 Å². The van der Waals surface area contributed by atoms with Crippen LogP contribution < -0.4 is 10.9 Å².